The second kappa shape index (κ2) is 10.2. The topological polar surface area (TPSA) is 83.0 Å². The molecule has 1 atom stereocenters. The fourth-order valence-corrected chi connectivity index (χ4v) is 3.93. The molecule has 3 rings (SSSR count). The number of benzene rings is 1. The third-order valence-electron chi connectivity index (χ3n) is 5.65. The molecule has 1 aliphatic heterocycles. The summed E-state index contributed by atoms with van der Waals surface area (Å²) in [5.74, 6) is -0.942. The van der Waals surface area contributed by atoms with Gasteiger partial charge in [-0.2, -0.15) is 0 Å². The maximum absolute atomic E-state index is 13.0. The molecule has 0 saturated carbocycles. The number of ether oxygens (including phenoxy) is 1. The van der Waals surface area contributed by atoms with Gasteiger partial charge in [-0.15, -0.1) is 0 Å². The van der Waals surface area contributed by atoms with Gasteiger partial charge in [0.25, 0.3) is 11.7 Å². The highest BCUT2D eigenvalue weighted by Gasteiger charge is 2.45. The van der Waals surface area contributed by atoms with Gasteiger partial charge in [-0.1, -0.05) is 32.0 Å². The molecular weight excluding hydrogens is 394 g/mol. The smallest absolute Gasteiger partial charge is 0.295 e. The van der Waals surface area contributed by atoms with Crippen molar-refractivity contribution in [2.24, 2.45) is 0 Å². The van der Waals surface area contributed by atoms with Crippen LogP contribution < -0.4 is 4.74 Å². The number of methoxy groups -OCH3 is 1. The molecule has 0 spiro atoms. The minimum absolute atomic E-state index is 0.0779. The van der Waals surface area contributed by atoms with E-state index in [0.29, 0.717) is 23.4 Å². The molecule has 0 aliphatic carbocycles. The summed E-state index contributed by atoms with van der Waals surface area (Å²) >= 11 is 0. The summed E-state index contributed by atoms with van der Waals surface area (Å²) in [6.07, 6.45) is 4.00. The Bertz CT molecular complexity index is 954. The van der Waals surface area contributed by atoms with E-state index in [9.17, 15) is 14.7 Å². The second-order valence-corrected chi connectivity index (χ2v) is 7.39. The van der Waals surface area contributed by atoms with Gasteiger partial charge in [0.2, 0.25) is 0 Å². The summed E-state index contributed by atoms with van der Waals surface area (Å²) in [4.78, 5) is 33.9. The van der Waals surface area contributed by atoms with Crippen molar-refractivity contribution in [2.45, 2.75) is 26.3 Å². The normalized spacial score (nSPS) is 18.1. The zero-order chi connectivity index (χ0) is 22.4. The Balaban J connectivity index is 2.01. The largest absolute Gasteiger partial charge is 0.507 e. The number of carbonyl (C=O) groups excluding carboxylic acids is 2. The van der Waals surface area contributed by atoms with Crippen LogP contribution in [0.4, 0.5) is 0 Å². The van der Waals surface area contributed by atoms with E-state index in [4.69, 9.17) is 4.74 Å². The number of aromatic nitrogens is 1. The molecule has 0 radical (unpaired) electrons. The van der Waals surface area contributed by atoms with Gasteiger partial charge in [-0.25, -0.2) is 0 Å². The van der Waals surface area contributed by atoms with Crippen LogP contribution in [0.15, 0.2) is 54.4 Å². The van der Waals surface area contributed by atoms with Gasteiger partial charge in [0.1, 0.15) is 11.5 Å². The molecule has 1 fully saturated rings. The molecule has 164 valence electrons. The lowest BCUT2D eigenvalue weighted by molar-refractivity contribution is -0.140. The van der Waals surface area contributed by atoms with E-state index in [2.05, 4.69) is 23.7 Å². The van der Waals surface area contributed by atoms with Crippen LogP contribution >= 0.6 is 0 Å². The van der Waals surface area contributed by atoms with Crippen LogP contribution in [0.5, 0.6) is 5.75 Å². The fraction of sp³-hybridized carbons (Fsp3) is 0.375. The van der Waals surface area contributed by atoms with Crippen LogP contribution in [0.1, 0.15) is 37.4 Å². The molecule has 2 heterocycles. The first kappa shape index (κ1) is 22.5. The molecule has 1 saturated heterocycles. The summed E-state index contributed by atoms with van der Waals surface area (Å²) in [5, 5.41) is 11.1. The number of ketones is 1. The van der Waals surface area contributed by atoms with Crippen molar-refractivity contribution in [3.05, 3.63) is 65.5 Å². The Kier molecular flexibility index (Phi) is 7.41. The number of aliphatic hydroxyl groups is 1. The number of nitrogens with zero attached hydrogens (tertiary/aromatic N) is 3. The number of amides is 1. The molecular formula is C24H29N3O4. The number of rotatable bonds is 9. The zero-order valence-electron chi connectivity index (χ0n) is 18.2. The van der Waals surface area contributed by atoms with Gasteiger partial charge < -0.3 is 19.6 Å². The van der Waals surface area contributed by atoms with Crippen molar-refractivity contribution in [3.63, 3.8) is 0 Å². The minimum Gasteiger partial charge on any atom is -0.507 e. The summed E-state index contributed by atoms with van der Waals surface area (Å²) in [6, 6.07) is 9.71. The van der Waals surface area contributed by atoms with Crippen LogP contribution in [0.3, 0.4) is 0 Å². The van der Waals surface area contributed by atoms with Gasteiger partial charge in [0.05, 0.1) is 18.7 Å². The van der Waals surface area contributed by atoms with Crippen molar-refractivity contribution >= 4 is 17.4 Å². The minimum atomic E-state index is -0.684. The average Bonchev–Trinajstić information content (AvgIpc) is 3.07. The van der Waals surface area contributed by atoms with Crippen molar-refractivity contribution < 1.29 is 19.4 Å². The number of carbonyl (C=O) groups is 2. The third kappa shape index (κ3) is 4.77. The Morgan fingerprint density at radius 2 is 1.97 bits per heavy atom. The number of hydrogen-bond acceptors (Lipinski definition) is 6. The molecule has 1 aromatic carbocycles. The van der Waals surface area contributed by atoms with Crippen molar-refractivity contribution in [1.82, 2.24) is 14.8 Å². The van der Waals surface area contributed by atoms with Crippen LogP contribution in [-0.4, -0.2) is 64.9 Å². The van der Waals surface area contributed by atoms with Gasteiger partial charge >= 0.3 is 0 Å². The van der Waals surface area contributed by atoms with Crippen LogP contribution in [0, 0.1) is 0 Å². The lowest BCUT2D eigenvalue weighted by atomic mass is 9.96. The number of pyridine rings is 1. The first-order valence-corrected chi connectivity index (χ1v) is 10.6. The third-order valence-corrected chi connectivity index (χ3v) is 5.65. The molecule has 1 aliphatic rings. The monoisotopic (exact) mass is 423 g/mol. The quantitative estimate of drug-likeness (QED) is 0.379. The van der Waals surface area contributed by atoms with E-state index in [0.717, 1.165) is 26.1 Å². The second-order valence-electron chi connectivity index (χ2n) is 7.39. The summed E-state index contributed by atoms with van der Waals surface area (Å²) in [7, 11) is 1.53. The molecule has 7 nitrogen and oxygen atoms in total. The van der Waals surface area contributed by atoms with Crippen molar-refractivity contribution in [2.75, 3.05) is 33.3 Å². The maximum Gasteiger partial charge on any atom is 0.295 e. The molecule has 1 N–H and O–H groups in total. The lowest BCUT2D eigenvalue weighted by Gasteiger charge is -2.26. The van der Waals surface area contributed by atoms with E-state index >= 15 is 0 Å². The standard InChI is InChI=1S/C24H29N3O4/c1-4-26(5-2)13-8-14-27-21(18-10-7-12-25-16-18)20(23(29)24(27)30)22(28)17-9-6-11-19(15-17)31-3/h6-7,9-12,15-16,21,28H,4-5,8,13-14H2,1-3H3/b22-20+/t21-/m0/s1. The highest BCUT2D eigenvalue weighted by molar-refractivity contribution is 6.46. The summed E-state index contributed by atoms with van der Waals surface area (Å²) in [6.45, 7) is 7.29. The molecule has 0 unspecified atom stereocenters. The Morgan fingerprint density at radius 3 is 2.61 bits per heavy atom. The van der Waals surface area contributed by atoms with E-state index in [1.165, 1.54) is 7.11 Å². The summed E-state index contributed by atoms with van der Waals surface area (Å²) < 4.78 is 5.23. The van der Waals surface area contributed by atoms with Gasteiger partial charge in [-0.05, 0) is 49.8 Å². The predicted molar refractivity (Wildman–Crippen MR) is 119 cm³/mol. The maximum atomic E-state index is 13.0. The predicted octanol–water partition coefficient (Wildman–Crippen LogP) is 3.24. The van der Waals surface area contributed by atoms with E-state index in [-0.39, 0.29) is 11.3 Å². The Labute approximate surface area is 183 Å². The van der Waals surface area contributed by atoms with Crippen LogP contribution in [-0.2, 0) is 9.59 Å². The Hall–Kier alpha value is -3.19. The Morgan fingerprint density at radius 1 is 1.19 bits per heavy atom. The fourth-order valence-electron chi connectivity index (χ4n) is 3.93. The van der Waals surface area contributed by atoms with E-state index < -0.39 is 17.7 Å². The average molecular weight is 424 g/mol. The first-order chi connectivity index (χ1) is 15.0. The van der Waals surface area contributed by atoms with E-state index in [1.54, 1.807) is 47.6 Å². The van der Waals surface area contributed by atoms with Crippen molar-refractivity contribution in [3.8, 4) is 5.75 Å². The van der Waals surface area contributed by atoms with Gasteiger partial charge in [0, 0.05) is 24.5 Å². The summed E-state index contributed by atoms with van der Waals surface area (Å²) in [5.41, 5.74) is 1.19. The van der Waals surface area contributed by atoms with E-state index in [1.807, 2.05) is 6.07 Å². The van der Waals surface area contributed by atoms with Gasteiger partial charge in [0.15, 0.2) is 0 Å². The molecule has 1 amide bonds. The molecule has 0 bridgehead atoms. The highest BCUT2D eigenvalue weighted by Crippen LogP contribution is 2.39. The van der Waals surface area contributed by atoms with Crippen LogP contribution in [0.2, 0.25) is 0 Å². The number of Topliss-reactive ketones (excluding diaryl/α,β-unsaturated/α-hetero) is 1. The molecule has 7 heteroatoms. The molecule has 1 aromatic heterocycles. The first-order valence-electron chi connectivity index (χ1n) is 10.6. The van der Waals surface area contributed by atoms with Crippen LogP contribution in [0.25, 0.3) is 5.76 Å². The number of hydrogen-bond donors (Lipinski definition) is 1. The molecule has 31 heavy (non-hydrogen) atoms. The zero-order valence-corrected chi connectivity index (χ0v) is 18.2. The lowest BCUT2D eigenvalue weighted by Crippen LogP contribution is -2.33. The number of likely N-dealkylation sites (tertiary alicyclic amines) is 1. The molecule has 2 aromatic rings. The number of aliphatic hydroxyl groups excluding tert-OH is 1. The van der Waals surface area contributed by atoms with Crippen molar-refractivity contribution in [1.29, 1.82) is 0 Å². The van der Waals surface area contributed by atoms with Gasteiger partial charge in [-0.3, -0.25) is 14.6 Å². The SMILES string of the molecule is CCN(CC)CCCN1C(=O)C(=O)/C(=C(/O)c2cccc(OC)c2)[C@@H]1c1cccnc1. The highest BCUT2D eigenvalue weighted by atomic mass is 16.5.